The Balaban J connectivity index is 2.66. The summed E-state index contributed by atoms with van der Waals surface area (Å²) in [5, 5.41) is 0. The molecule has 0 aliphatic heterocycles. The van der Waals surface area contributed by atoms with E-state index in [0.29, 0.717) is 12.5 Å². The summed E-state index contributed by atoms with van der Waals surface area (Å²) in [7, 11) is 0. The number of rotatable bonds is 6. The molecule has 0 aromatic heterocycles. The van der Waals surface area contributed by atoms with Crippen LogP contribution in [0.5, 0.6) is 0 Å². The number of hydrogen-bond donors (Lipinski definition) is 1. The Morgan fingerprint density at radius 1 is 1.22 bits per heavy atom. The van der Waals surface area contributed by atoms with E-state index in [9.17, 15) is 4.79 Å². The maximum absolute atomic E-state index is 12.4. The maximum Gasteiger partial charge on any atom is 0.313 e. The average molecular weight is 255 g/mol. The summed E-state index contributed by atoms with van der Waals surface area (Å²) in [6.07, 6.45) is 7.44. The second-order valence-electron chi connectivity index (χ2n) is 5.59. The zero-order valence-corrected chi connectivity index (χ0v) is 12.2. The van der Waals surface area contributed by atoms with Crippen molar-refractivity contribution in [2.75, 3.05) is 6.54 Å². The molecule has 1 saturated carbocycles. The molecule has 0 heterocycles. The van der Waals surface area contributed by atoms with Crippen molar-refractivity contribution in [3.63, 3.8) is 0 Å². The van der Waals surface area contributed by atoms with Gasteiger partial charge in [0.2, 0.25) is 0 Å². The molecule has 0 amide bonds. The molecule has 1 aliphatic carbocycles. The van der Waals surface area contributed by atoms with Crippen LogP contribution in [0.1, 0.15) is 65.7 Å². The van der Waals surface area contributed by atoms with E-state index in [-0.39, 0.29) is 12.1 Å². The van der Waals surface area contributed by atoms with Gasteiger partial charge in [0, 0.05) is 6.54 Å². The monoisotopic (exact) mass is 255 g/mol. The predicted octanol–water partition coefficient (Wildman–Crippen LogP) is 3.26. The van der Waals surface area contributed by atoms with Crippen LogP contribution in [-0.2, 0) is 9.53 Å². The molecule has 0 spiro atoms. The molecule has 0 aromatic rings. The summed E-state index contributed by atoms with van der Waals surface area (Å²) in [5.74, 6) is 0.479. The third-order valence-corrected chi connectivity index (χ3v) is 4.80. The van der Waals surface area contributed by atoms with Crippen LogP contribution in [0.2, 0.25) is 0 Å². The Morgan fingerprint density at radius 3 is 2.33 bits per heavy atom. The van der Waals surface area contributed by atoms with E-state index >= 15 is 0 Å². The number of nitrogens with two attached hydrogens (primary N) is 1. The number of carbonyl (C=O) groups is 1. The summed E-state index contributed by atoms with van der Waals surface area (Å²) in [4.78, 5) is 12.4. The zero-order chi connectivity index (χ0) is 13.6. The Bertz CT molecular complexity index is 253. The highest BCUT2D eigenvalue weighted by molar-refractivity contribution is 5.77. The van der Waals surface area contributed by atoms with Gasteiger partial charge in [-0.2, -0.15) is 0 Å². The lowest BCUT2D eigenvalue weighted by molar-refractivity contribution is -0.166. The minimum atomic E-state index is -0.463. The molecule has 1 fully saturated rings. The molecule has 2 unspecified atom stereocenters. The van der Waals surface area contributed by atoms with Crippen molar-refractivity contribution in [3.05, 3.63) is 0 Å². The molecule has 2 N–H and O–H groups in total. The van der Waals surface area contributed by atoms with Crippen molar-refractivity contribution in [1.29, 1.82) is 0 Å². The minimum Gasteiger partial charge on any atom is -0.462 e. The molecule has 0 saturated heterocycles. The van der Waals surface area contributed by atoms with E-state index in [2.05, 4.69) is 6.92 Å². The number of carbonyl (C=O) groups excluding carboxylic acids is 1. The van der Waals surface area contributed by atoms with Crippen molar-refractivity contribution in [2.24, 2.45) is 17.1 Å². The van der Waals surface area contributed by atoms with Gasteiger partial charge in [-0.15, -0.1) is 0 Å². The Labute approximate surface area is 111 Å². The molecule has 106 valence electrons. The van der Waals surface area contributed by atoms with Gasteiger partial charge < -0.3 is 10.5 Å². The molecule has 3 heteroatoms. The number of esters is 1. The standard InChI is InChI=1S/C15H29NO2/c1-4-12-9-7-8-10-13(12)18-14(17)15(5-2,6-3)11-16/h12-13H,4-11,16H2,1-3H3. The molecular weight excluding hydrogens is 226 g/mol. The lowest BCUT2D eigenvalue weighted by Crippen LogP contribution is -2.42. The van der Waals surface area contributed by atoms with Crippen molar-refractivity contribution in [3.8, 4) is 0 Å². The van der Waals surface area contributed by atoms with Crippen LogP contribution in [0.25, 0.3) is 0 Å². The second kappa shape index (κ2) is 7.13. The van der Waals surface area contributed by atoms with E-state index in [0.717, 1.165) is 25.7 Å². The smallest absolute Gasteiger partial charge is 0.313 e. The Hall–Kier alpha value is -0.570. The third kappa shape index (κ3) is 3.25. The van der Waals surface area contributed by atoms with Crippen LogP contribution >= 0.6 is 0 Å². The van der Waals surface area contributed by atoms with Gasteiger partial charge in [-0.25, -0.2) is 0 Å². The van der Waals surface area contributed by atoms with Crippen molar-refractivity contribution < 1.29 is 9.53 Å². The fourth-order valence-corrected chi connectivity index (χ4v) is 2.97. The highest BCUT2D eigenvalue weighted by Crippen LogP contribution is 2.33. The first-order chi connectivity index (χ1) is 8.63. The summed E-state index contributed by atoms with van der Waals surface area (Å²) in [6.45, 7) is 6.63. The topological polar surface area (TPSA) is 52.3 Å². The van der Waals surface area contributed by atoms with Crippen LogP contribution < -0.4 is 5.73 Å². The molecule has 18 heavy (non-hydrogen) atoms. The first-order valence-corrected chi connectivity index (χ1v) is 7.54. The SMILES string of the molecule is CCC1CCCCC1OC(=O)C(CC)(CC)CN. The van der Waals surface area contributed by atoms with Gasteiger partial charge in [-0.05, 0) is 44.4 Å². The summed E-state index contributed by atoms with van der Waals surface area (Å²) >= 11 is 0. The molecule has 0 aromatic carbocycles. The van der Waals surface area contributed by atoms with Gasteiger partial charge in [-0.3, -0.25) is 4.79 Å². The highest BCUT2D eigenvalue weighted by atomic mass is 16.5. The lowest BCUT2D eigenvalue weighted by Gasteiger charge is -2.35. The van der Waals surface area contributed by atoms with Crippen LogP contribution in [0.3, 0.4) is 0 Å². The molecular formula is C15H29NO2. The fourth-order valence-electron chi connectivity index (χ4n) is 2.97. The van der Waals surface area contributed by atoms with E-state index in [1.165, 1.54) is 19.3 Å². The summed E-state index contributed by atoms with van der Waals surface area (Å²) in [6, 6.07) is 0. The average Bonchev–Trinajstić information content (AvgIpc) is 2.42. The molecule has 0 radical (unpaired) electrons. The van der Waals surface area contributed by atoms with E-state index in [1.807, 2.05) is 13.8 Å². The fraction of sp³-hybridized carbons (Fsp3) is 0.933. The normalized spacial score (nSPS) is 24.9. The minimum absolute atomic E-state index is 0.0691. The summed E-state index contributed by atoms with van der Waals surface area (Å²) in [5.41, 5.74) is 5.34. The van der Waals surface area contributed by atoms with E-state index in [1.54, 1.807) is 0 Å². The lowest BCUT2D eigenvalue weighted by atomic mass is 9.81. The number of hydrogen-bond acceptors (Lipinski definition) is 3. The molecule has 2 atom stereocenters. The van der Waals surface area contributed by atoms with E-state index in [4.69, 9.17) is 10.5 Å². The first-order valence-electron chi connectivity index (χ1n) is 7.54. The predicted molar refractivity (Wildman–Crippen MR) is 74.2 cm³/mol. The molecule has 0 bridgehead atoms. The highest BCUT2D eigenvalue weighted by Gasteiger charge is 2.38. The quantitative estimate of drug-likeness (QED) is 0.741. The molecule has 3 nitrogen and oxygen atoms in total. The Morgan fingerprint density at radius 2 is 1.83 bits per heavy atom. The van der Waals surface area contributed by atoms with Crippen molar-refractivity contribution in [1.82, 2.24) is 0 Å². The van der Waals surface area contributed by atoms with Gasteiger partial charge in [-0.1, -0.05) is 27.2 Å². The molecule has 1 rings (SSSR count). The zero-order valence-electron chi connectivity index (χ0n) is 12.2. The van der Waals surface area contributed by atoms with Gasteiger partial charge in [0.15, 0.2) is 0 Å². The maximum atomic E-state index is 12.4. The third-order valence-electron chi connectivity index (χ3n) is 4.80. The van der Waals surface area contributed by atoms with Gasteiger partial charge in [0.1, 0.15) is 6.10 Å². The Kier molecular flexibility index (Phi) is 6.13. The van der Waals surface area contributed by atoms with Gasteiger partial charge in [0.05, 0.1) is 5.41 Å². The number of ether oxygens (including phenoxy) is 1. The van der Waals surface area contributed by atoms with Gasteiger partial charge >= 0.3 is 5.97 Å². The van der Waals surface area contributed by atoms with Crippen molar-refractivity contribution >= 4 is 5.97 Å². The summed E-state index contributed by atoms with van der Waals surface area (Å²) < 4.78 is 5.81. The van der Waals surface area contributed by atoms with E-state index < -0.39 is 5.41 Å². The van der Waals surface area contributed by atoms with Crippen LogP contribution in [0, 0.1) is 11.3 Å². The largest absolute Gasteiger partial charge is 0.462 e. The first kappa shape index (κ1) is 15.5. The van der Waals surface area contributed by atoms with Gasteiger partial charge in [0.25, 0.3) is 0 Å². The van der Waals surface area contributed by atoms with Crippen LogP contribution in [0.4, 0.5) is 0 Å². The van der Waals surface area contributed by atoms with Crippen molar-refractivity contribution in [2.45, 2.75) is 71.8 Å². The second-order valence-corrected chi connectivity index (χ2v) is 5.59. The van der Waals surface area contributed by atoms with Crippen LogP contribution in [-0.4, -0.2) is 18.6 Å². The molecule has 1 aliphatic rings. The van der Waals surface area contributed by atoms with Crippen LogP contribution in [0.15, 0.2) is 0 Å².